The molecule has 1 aliphatic heterocycles. The molecule has 1 saturated heterocycles. The zero-order chi connectivity index (χ0) is 18.1. The predicted octanol–water partition coefficient (Wildman–Crippen LogP) is 4.70. The van der Waals surface area contributed by atoms with Crippen LogP contribution in [0, 0.1) is 17.8 Å². The SMILES string of the molecule is C.COc1cc(CC2CCN(C3CCC4CCCC3C4)C2=O)cc(OC)c1. The van der Waals surface area contributed by atoms with Crippen LogP contribution in [0.2, 0.25) is 0 Å². The first-order valence-corrected chi connectivity index (χ1v) is 10.2. The van der Waals surface area contributed by atoms with Crippen LogP contribution in [0.4, 0.5) is 0 Å². The van der Waals surface area contributed by atoms with E-state index in [-0.39, 0.29) is 13.3 Å². The molecule has 3 fully saturated rings. The maximum atomic E-state index is 13.1. The van der Waals surface area contributed by atoms with Crippen molar-refractivity contribution in [2.24, 2.45) is 17.8 Å². The molecule has 3 aliphatic rings. The number of hydrogen-bond donors (Lipinski definition) is 0. The first-order valence-electron chi connectivity index (χ1n) is 10.2. The van der Waals surface area contributed by atoms with E-state index >= 15 is 0 Å². The van der Waals surface area contributed by atoms with Gasteiger partial charge >= 0.3 is 0 Å². The van der Waals surface area contributed by atoms with Crippen LogP contribution in [0.25, 0.3) is 0 Å². The van der Waals surface area contributed by atoms with Crippen LogP contribution in [0.15, 0.2) is 18.2 Å². The third-order valence-electron chi connectivity index (χ3n) is 6.88. The summed E-state index contributed by atoms with van der Waals surface area (Å²) in [7, 11) is 3.34. The summed E-state index contributed by atoms with van der Waals surface area (Å²) in [5.74, 6) is 3.75. The van der Waals surface area contributed by atoms with Crippen molar-refractivity contribution in [1.29, 1.82) is 0 Å². The molecule has 0 N–H and O–H groups in total. The molecule has 27 heavy (non-hydrogen) atoms. The van der Waals surface area contributed by atoms with Gasteiger partial charge in [0.15, 0.2) is 0 Å². The number of amides is 1. The van der Waals surface area contributed by atoms with Crippen molar-refractivity contribution in [3.05, 3.63) is 23.8 Å². The second-order valence-corrected chi connectivity index (χ2v) is 8.38. The van der Waals surface area contributed by atoms with E-state index in [1.54, 1.807) is 14.2 Å². The lowest BCUT2D eigenvalue weighted by molar-refractivity contribution is -0.135. The predicted molar refractivity (Wildman–Crippen MR) is 108 cm³/mol. The minimum absolute atomic E-state index is 0. The number of carbonyl (C=O) groups excluding carboxylic acids is 1. The number of ether oxygens (including phenoxy) is 2. The summed E-state index contributed by atoms with van der Waals surface area (Å²) in [5.41, 5.74) is 1.13. The minimum Gasteiger partial charge on any atom is -0.497 e. The topological polar surface area (TPSA) is 38.8 Å². The number of hydrogen-bond acceptors (Lipinski definition) is 3. The van der Waals surface area contributed by atoms with E-state index in [1.165, 1.54) is 38.5 Å². The Morgan fingerprint density at radius 1 is 1.00 bits per heavy atom. The van der Waals surface area contributed by atoms with Gasteiger partial charge in [0.05, 0.1) is 14.2 Å². The highest BCUT2D eigenvalue weighted by molar-refractivity contribution is 5.81. The fraction of sp³-hybridized carbons (Fsp3) is 0.696. The van der Waals surface area contributed by atoms with Crippen LogP contribution in [-0.4, -0.2) is 37.6 Å². The average molecular weight is 374 g/mol. The highest BCUT2D eigenvalue weighted by Gasteiger charge is 2.42. The molecule has 0 aromatic heterocycles. The van der Waals surface area contributed by atoms with Crippen molar-refractivity contribution < 1.29 is 14.3 Å². The maximum absolute atomic E-state index is 13.1. The lowest BCUT2D eigenvalue weighted by Gasteiger charge is -2.44. The van der Waals surface area contributed by atoms with E-state index in [9.17, 15) is 4.79 Å². The van der Waals surface area contributed by atoms with Gasteiger partial charge in [0.2, 0.25) is 5.91 Å². The average Bonchev–Trinajstić information content (AvgIpc) is 3.02. The van der Waals surface area contributed by atoms with Gasteiger partial charge in [-0.3, -0.25) is 4.79 Å². The quantitative estimate of drug-likeness (QED) is 0.751. The third-order valence-corrected chi connectivity index (χ3v) is 6.88. The number of methoxy groups -OCH3 is 2. The van der Waals surface area contributed by atoms with E-state index in [1.807, 2.05) is 18.2 Å². The first kappa shape index (κ1) is 20.0. The molecule has 1 amide bonds. The Bertz CT molecular complexity index is 637. The van der Waals surface area contributed by atoms with Crippen LogP contribution in [0.1, 0.15) is 57.9 Å². The number of rotatable bonds is 5. The molecule has 150 valence electrons. The van der Waals surface area contributed by atoms with Gasteiger partial charge in [0.1, 0.15) is 11.5 Å². The smallest absolute Gasteiger partial charge is 0.226 e. The van der Waals surface area contributed by atoms with Crippen molar-refractivity contribution in [1.82, 2.24) is 4.90 Å². The monoisotopic (exact) mass is 373 g/mol. The van der Waals surface area contributed by atoms with E-state index in [0.29, 0.717) is 11.9 Å². The molecule has 2 saturated carbocycles. The number of carbonyl (C=O) groups is 1. The Morgan fingerprint density at radius 3 is 2.44 bits per heavy atom. The summed E-state index contributed by atoms with van der Waals surface area (Å²) >= 11 is 0. The molecule has 4 nitrogen and oxygen atoms in total. The van der Waals surface area contributed by atoms with E-state index in [2.05, 4.69) is 4.90 Å². The van der Waals surface area contributed by atoms with Gasteiger partial charge in [-0.1, -0.05) is 20.3 Å². The van der Waals surface area contributed by atoms with Gasteiger partial charge in [-0.05, 0) is 68.1 Å². The molecule has 4 unspecified atom stereocenters. The molecular formula is C23H35NO3. The number of likely N-dealkylation sites (tertiary alicyclic amines) is 1. The molecule has 1 heterocycles. The normalized spacial score (nSPS) is 30.0. The molecule has 4 heteroatoms. The van der Waals surface area contributed by atoms with Crippen LogP contribution in [0.5, 0.6) is 11.5 Å². The Hall–Kier alpha value is -1.71. The second-order valence-electron chi connectivity index (χ2n) is 8.38. The molecule has 2 aliphatic carbocycles. The number of benzene rings is 1. The summed E-state index contributed by atoms with van der Waals surface area (Å²) in [6.07, 6.45) is 9.75. The van der Waals surface area contributed by atoms with Crippen molar-refractivity contribution in [2.45, 2.75) is 64.8 Å². The Balaban J connectivity index is 0.00000210. The van der Waals surface area contributed by atoms with Gasteiger partial charge in [0, 0.05) is 24.6 Å². The molecule has 1 aromatic rings. The molecule has 4 atom stereocenters. The Kier molecular flexibility index (Phi) is 6.33. The molecule has 1 aromatic carbocycles. The van der Waals surface area contributed by atoms with E-state index in [0.717, 1.165) is 48.3 Å². The number of fused-ring (bicyclic) bond motifs is 2. The first-order chi connectivity index (χ1) is 12.7. The fourth-order valence-electron chi connectivity index (χ4n) is 5.55. The Labute approximate surface area is 164 Å². The maximum Gasteiger partial charge on any atom is 0.226 e. The van der Waals surface area contributed by atoms with Crippen LogP contribution in [-0.2, 0) is 11.2 Å². The highest BCUT2D eigenvalue weighted by atomic mass is 16.5. The molecule has 2 bridgehead atoms. The fourth-order valence-corrected chi connectivity index (χ4v) is 5.55. The second kappa shape index (κ2) is 8.53. The van der Waals surface area contributed by atoms with Gasteiger partial charge < -0.3 is 14.4 Å². The Morgan fingerprint density at radius 2 is 1.74 bits per heavy atom. The lowest BCUT2D eigenvalue weighted by Crippen LogP contribution is -2.46. The summed E-state index contributed by atoms with van der Waals surface area (Å²) in [5, 5.41) is 0. The summed E-state index contributed by atoms with van der Waals surface area (Å²) < 4.78 is 10.7. The van der Waals surface area contributed by atoms with Crippen molar-refractivity contribution in [2.75, 3.05) is 20.8 Å². The summed E-state index contributed by atoms with van der Waals surface area (Å²) in [6, 6.07) is 6.45. The summed E-state index contributed by atoms with van der Waals surface area (Å²) in [6.45, 7) is 0.941. The van der Waals surface area contributed by atoms with Crippen LogP contribution >= 0.6 is 0 Å². The largest absolute Gasteiger partial charge is 0.497 e. The van der Waals surface area contributed by atoms with Crippen LogP contribution < -0.4 is 9.47 Å². The molecule has 0 spiro atoms. The minimum atomic E-state index is 0. The van der Waals surface area contributed by atoms with Gasteiger partial charge in [-0.2, -0.15) is 0 Å². The van der Waals surface area contributed by atoms with Gasteiger partial charge in [0.25, 0.3) is 0 Å². The highest BCUT2D eigenvalue weighted by Crippen LogP contribution is 2.43. The van der Waals surface area contributed by atoms with Crippen molar-refractivity contribution >= 4 is 5.91 Å². The van der Waals surface area contributed by atoms with E-state index < -0.39 is 0 Å². The molecular weight excluding hydrogens is 338 g/mol. The molecule has 0 radical (unpaired) electrons. The van der Waals surface area contributed by atoms with Crippen LogP contribution in [0.3, 0.4) is 0 Å². The van der Waals surface area contributed by atoms with E-state index in [4.69, 9.17) is 9.47 Å². The molecule has 4 rings (SSSR count). The van der Waals surface area contributed by atoms with Gasteiger partial charge in [-0.15, -0.1) is 0 Å². The third kappa shape index (κ3) is 4.09. The standard InChI is InChI=1S/C22H31NO3.CH4/c1-25-19-12-16(13-20(14-19)26-2)11-18-8-9-23(22(18)24)21-7-6-15-4-3-5-17(21)10-15;/h12-15,17-18,21H,3-11H2,1-2H3;1H4. The van der Waals surface area contributed by atoms with Gasteiger partial charge in [-0.25, -0.2) is 0 Å². The van der Waals surface area contributed by atoms with Crippen molar-refractivity contribution in [3.63, 3.8) is 0 Å². The zero-order valence-corrected chi connectivity index (χ0v) is 16.1. The summed E-state index contributed by atoms with van der Waals surface area (Å²) in [4.78, 5) is 15.4. The zero-order valence-electron chi connectivity index (χ0n) is 16.1. The lowest BCUT2D eigenvalue weighted by atomic mass is 9.69. The van der Waals surface area contributed by atoms with Crippen molar-refractivity contribution in [3.8, 4) is 11.5 Å². The number of nitrogens with zero attached hydrogens (tertiary/aromatic N) is 1.